The van der Waals surface area contributed by atoms with E-state index in [-0.39, 0.29) is 29.3 Å². The smallest absolute Gasteiger partial charge is 0.224 e. The number of halogens is 3. The Balaban J connectivity index is 1.63. The van der Waals surface area contributed by atoms with Crippen LogP contribution in [0.5, 0.6) is 0 Å². The summed E-state index contributed by atoms with van der Waals surface area (Å²) < 4.78 is 89.4. The Labute approximate surface area is 188 Å². The van der Waals surface area contributed by atoms with Crippen molar-refractivity contribution in [3.8, 4) is 0 Å². The molecule has 3 aromatic rings. The molecule has 3 N–H and O–H groups in total. The molecule has 0 radical (unpaired) electrons. The highest BCUT2D eigenvalue weighted by Gasteiger charge is 2.27. The van der Waals surface area contributed by atoms with Crippen molar-refractivity contribution >= 4 is 28.7 Å². The molecular formula is C21H23F3N6O2. The van der Waals surface area contributed by atoms with Crippen molar-refractivity contribution in [1.82, 2.24) is 19.5 Å². The Hall–Kier alpha value is -2.92. The number of anilines is 3. The molecular weight excluding hydrogens is 425 g/mol. The van der Waals surface area contributed by atoms with Crippen molar-refractivity contribution in [1.29, 1.82) is 0 Å². The standard InChI is InChI=1S/C21H23F3N6O2/c22-11-7-15(23)18(16(24)8-11)28-21-27-17-9-25-20(26-12-1-3-14(31)4-2-12)29-19(17)30(21)13-5-6-32-10-13/h7-9,12-14,31H,1-6,10H2,(H,27,28)(H,25,26,29)/i6D2,10D2,13D. The fourth-order valence-corrected chi connectivity index (χ4v) is 3.82. The van der Waals surface area contributed by atoms with E-state index in [2.05, 4.69) is 25.6 Å². The number of ether oxygens (including phenoxy) is 1. The number of benzene rings is 1. The lowest BCUT2D eigenvalue weighted by Gasteiger charge is -2.26. The number of aliphatic hydroxyl groups excluding tert-OH is 1. The topological polar surface area (TPSA) is 97.1 Å². The second-order valence-electron chi connectivity index (χ2n) is 7.66. The molecule has 2 aliphatic rings. The lowest BCUT2D eigenvalue weighted by atomic mass is 9.93. The van der Waals surface area contributed by atoms with Crippen molar-refractivity contribution in [2.45, 2.75) is 50.3 Å². The SMILES string of the molecule is [2H]C1([2H])CC([2H])(n2c(Nc3c(F)cc(F)cc3F)nc3cnc(NC4CCC(O)CC4)nc32)C([2H])([2H])O1. The van der Waals surface area contributed by atoms with Crippen LogP contribution in [-0.2, 0) is 4.74 Å². The van der Waals surface area contributed by atoms with Gasteiger partial charge in [-0.1, -0.05) is 0 Å². The van der Waals surface area contributed by atoms with Gasteiger partial charge in [0.1, 0.15) is 17.0 Å². The molecule has 170 valence electrons. The minimum Gasteiger partial charge on any atom is -0.393 e. The van der Waals surface area contributed by atoms with E-state index < -0.39 is 54.6 Å². The second kappa shape index (κ2) is 8.55. The predicted octanol–water partition coefficient (Wildman–Crippen LogP) is 3.66. The molecule has 1 saturated carbocycles. The zero-order chi connectivity index (χ0) is 26.8. The monoisotopic (exact) mass is 453 g/mol. The van der Waals surface area contributed by atoms with Crippen LogP contribution in [0.25, 0.3) is 11.2 Å². The van der Waals surface area contributed by atoms with Gasteiger partial charge in [-0.3, -0.25) is 4.57 Å². The van der Waals surface area contributed by atoms with Crippen molar-refractivity contribution < 1.29 is 29.9 Å². The number of fused-ring (bicyclic) bond motifs is 1. The van der Waals surface area contributed by atoms with Crippen molar-refractivity contribution in [3.63, 3.8) is 0 Å². The molecule has 0 amide bonds. The van der Waals surface area contributed by atoms with Crippen LogP contribution in [0.4, 0.5) is 30.8 Å². The summed E-state index contributed by atoms with van der Waals surface area (Å²) in [5.41, 5.74) is -0.917. The molecule has 1 aromatic carbocycles. The maximum Gasteiger partial charge on any atom is 0.224 e. The van der Waals surface area contributed by atoms with Gasteiger partial charge in [0.2, 0.25) is 11.9 Å². The van der Waals surface area contributed by atoms with Crippen molar-refractivity contribution in [3.05, 3.63) is 35.8 Å². The number of hydrogen-bond donors (Lipinski definition) is 3. The van der Waals surface area contributed by atoms with Gasteiger partial charge in [-0.15, -0.1) is 0 Å². The van der Waals surface area contributed by atoms with Gasteiger partial charge >= 0.3 is 0 Å². The van der Waals surface area contributed by atoms with Crippen LogP contribution in [0, 0.1) is 17.5 Å². The average Bonchev–Trinajstić information content (AvgIpc) is 3.22. The van der Waals surface area contributed by atoms with Crippen molar-refractivity contribution in [2.24, 2.45) is 0 Å². The molecule has 2 fully saturated rings. The number of nitrogens with zero attached hydrogens (tertiary/aromatic N) is 4. The number of imidazole rings is 1. The Bertz CT molecular complexity index is 1330. The number of rotatable bonds is 5. The van der Waals surface area contributed by atoms with Gasteiger partial charge in [0.15, 0.2) is 17.3 Å². The minimum atomic E-state index is -2.92. The molecule has 11 heteroatoms. The molecule has 1 atom stereocenters. The number of nitrogens with one attached hydrogen (secondary N) is 2. The molecule has 1 aliphatic carbocycles. The number of aliphatic hydroxyl groups is 1. The third kappa shape index (κ3) is 4.09. The zero-order valence-electron chi connectivity index (χ0n) is 21.7. The first-order valence-corrected chi connectivity index (χ1v) is 10.1. The zero-order valence-corrected chi connectivity index (χ0v) is 16.7. The average molecular weight is 453 g/mol. The fourth-order valence-electron chi connectivity index (χ4n) is 3.82. The van der Waals surface area contributed by atoms with E-state index in [0.29, 0.717) is 37.8 Å². The molecule has 2 aromatic heterocycles. The first-order valence-electron chi connectivity index (χ1n) is 12.6. The summed E-state index contributed by atoms with van der Waals surface area (Å²) in [6, 6.07) is -1.71. The fraction of sp³-hybridized carbons (Fsp3) is 0.476. The number of hydrogen-bond acceptors (Lipinski definition) is 7. The van der Waals surface area contributed by atoms with E-state index in [4.69, 9.17) is 11.6 Å². The van der Waals surface area contributed by atoms with Crippen LogP contribution in [0.2, 0.25) is 0 Å². The van der Waals surface area contributed by atoms with Gasteiger partial charge in [0.25, 0.3) is 0 Å². The van der Waals surface area contributed by atoms with E-state index in [1.54, 1.807) is 0 Å². The van der Waals surface area contributed by atoms with Gasteiger partial charge < -0.3 is 20.5 Å². The highest BCUT2D eigenvalue weighted by molar-refractivity contribution is 5.76. The van der Waals surface area contributed by atoms with E-state index >= 15 is 0 Å². The molecule has 0 spiro atoms. The molecule has 5 rings (SSSR count). The van der Waals surface area contributed by atoms with Gasteiger partial charge in [0, 0.05) is 24.7 Å². The summed E-state index contributed by atoms with van der Waals surface area (Å²) in [5, 5.41) is 15.2. The molecule has 0 bridgehead atoms. The first kappa shape index (κ1) is 15.8. The summed E-state index contributed by atoms with van der Waals surface area (Å²) >= 11 is 0. The van der Waals surface area contributed by atoms with Crippen molar-refractivity contribution in [2.75, 3.05) is 23.8 Å². The molecule has 3 heterocycles. The Morgan fingerprint density at radius 2 is 1.88 bits per heavy atom. The minimum absolute atomic E-state index is 0.0185. The predicted molar refractivity (Wildman–Crippen MR) is 111 cm³/mol. The normalized spacial score (nSPS) is 31.3. The van der Waals surface area contributed by atoms with Gasteiger partial charge in [0.05, 0.1) is 31.7 Å². The first-order chi connectivity index (χ1) is 17.3. The summed E-state index contributed by atoms with van der Waals surface area (Å²) in [5.74, 6) is -4.11. The third-order valence-corrected chi connectivity index (χ3v) is 5.42. The Morgan fingerprint density at radius 3 is 2.56 bits per heavy atom. The van der Waals surface area contributed by atoms with Crippen LogP contribution in [0.1, 0.15) is 45.0 Å². The van der Waals surface area contributed by atoms with Crippen LogP contribution >= 0.6 is 0 Å². The lowest BCUT2D eigenvalue weighted by molar-refractivity contribution is 0.126. The highest BCUT2D eigenvalue weighted by atomic mass is 19.1. The second-order valence-corrected chi connectivity index (χ2v) is 7.66. The number of aromatic nitrogens is 4. The summed E-state index contributed by atoms with van der Waals surface area (Å²) in [6.45, 7) is -5.47. The van der Waals surface area contributed by atoms with Gasteiger partial charge in [-0.05, 0) is 32.1 Å². The van der Waals surface area contributed by atoms with Gasteiger partial charge in [-0.2, -0.15) is 4.98 Å². The summed E-state index contributed by atoms with van der Waals surface area (Å²) in [6.07, 6.45) is 2.55. The van der Waals surface area contributed by atoms with E-state index in [9.17, 15) is 18.3 Å². The summed E-state index contributed by atoms with van der Waals surface area (Å²) in [7, 11) is 0. The maximum atomic E-state index is 14.4. The molecule has 1 saturated heterocycles. The van der Waals surface area contributed by atoms with Crippen LogP contribution < -0.4 is 10.6 Å². The van der Waals surface area contributed by atoms with Crippen LogP contribution in [0.3, 0.4) is 0 Å². The summed E-state index contributed by atoms with van der Waals surface area (Å²) in [4.78, 5) is 12.8. The van der Waals surface area contributed by atoms with Gasteiger partial charge in [-0.25, -0.2) is 23.1 Å². The maximum absolute atomic E-state index is 14.4. The van der Waals surface area contributed by atoms with E-state index in [1.807, 2.05) is 0 Å². The third-order valence-electron chi connectivity index (χ3n) is 5.42. The Kier molecular flexibility index (Phi) is 4.22. The molecule has 1 aliphatic heterocycles. The lowest BCUT2D eigenvalue weighted by Crippen LogP contribution is -2.29. The van der Waals surface area contributed by atoms with Crippen LogP contribution in [0.15, 0.2) is 18.3 Å². The van der Waals surface area contributed by atoms with E-state index in [0.717, 1.165) is 4.57 Å². The molecule has 8 nitrogen and oxygen atoms in total. The molecule has 1 unspecified atom stereocenters. The largest absolute Gasteiger partial charge is 0.393 e. The molecule has 32 heavy (non-hydrogen) atoms. The Morgan fingerprint density at radius 1 is 1.12 bits per heavy atom. The van der Waals surface area contributed by atoms with E-state index in [1.165, 1.54) is 6.20 Å². The van der Waals surface area contributed by atoms with Crippen LogP contribution in [-0.4, -0.2) is 49.9 Å². The highest BCUT2D eigenvalue weighted by Crippen LogP contribution is 2.32. The quantitative estimate of drug-likeness (QED) is 0.542.